The summed E-state index contributed by atoms with van der Waals surface area (Å²) >= 11 is 6.31. The van der Waals surface area contributed by atoms with Gasteiger partial charge in [0.05, 0.1) is 5.02 Å². The third-order valence-electron chi connectivity index (χ3n) is 3.42. The summed E-state index contributed by atoms with van der Waals surface area (Å²) in [6, 6.07) is 12.4. The number of hydrogen-bond acceptors (Lipinski definition) is 2. The number of halogens is 1. The van der Waals surface area contributed by atoms with Crippen LogP contribution in [0.25, 0.3) is 0 Å². The predicted molar refractivity (Wildman–Crippen MR) is 89.4 cm³/mol. The molecule has 0 spiro atoms. The van der Waals surface area contributed by atoms with Crippen LogP contribution in [0, 0.1) is 13.8 Å². The molecule has 0 saturated carbocycles. The van der Waals surface area contributed by atoms with Crippen LogP contribution in [0.15, 0.2) is 36.4 Å². The summed E-state index contributed by atoms with van der Waals surface area (Å²) < 4.78 is 5.87. The number of rotatable bonds is 5. The van der Waals surface area contributed by atoms with Gasteiger partial charge in [0.1, 0.15) is 11.5 Å². The van der Waals surface area contributed by atoms with Crippen molar-refractivity contribution in [1.29, 1.82) is 0 Å². The van der Waals surface area contributed by atoms with Gasteiger partial charge in [-0.25, -0.2) is 0 Å². The normalized spacial score (nSPS) is 11.0. The van der Waals surface area contributed by atoms with Crippen molar-refractivity contribution in [3.8, 4) is 11.5 Å². The van der Waals surface area contributed by atoms with E-state index >= 15 is 0 Å². The van der Waals surface area contributed by atoms with Crippen LogP contribution in [0.4, 0.5) is 0 Å². The number of ether oxygens (including phenoxy) is 1. The van der Waals surface area contributed by atoms with Gasteiger partial charge in [-0.3, -0.25) is 0 Å². The predicted octanol–water partition coefficient (Wildman–Crippen LogP) is 5.25. The molecule has 0 saturated heterocycles. The Morgan fingerprint density at radius 2 is 1.81 bits per heavy atom. The maximum atomic E-state index is 6.31. The molecule has 0 aliphatic heterocycles. The fraction of sp³-hybridized carbons (Fsp3) is 0.333. The molecule has 0 fully saturated rings. The lowest BCUT2D eigenvalue weighted by Gasteiger charge is -2.12. The summed E-state index contributed by atoms with van der Waals surface area (Å²) in [5, 5.41) is 4.01. The minimum atomic E-state index is 0.454. The molecule has 112 valence electrons. The average molecular weight is 304 g/mol. The van der Waals surface area contributed by atoms with E-state index in [1.807, 2.05) is 30.3 Å². The van der Waals surface area contributed by atoms with Gasteiger partial charge in [-0.1, -0.05) is 37.6 Å². The second-order valence-corrected chi connectivity index (χ2v) is 6.06. The standard InChI is InChI=1S/C18H22ClNO/c1-12(2)20-11-15-6-8-18(17(19)10-15)21-16-7-5-13(3)14(4)9-16/h5-10,12,20H,11H2,1-4H3. The van der Waals surface area contributed by atoms with E-state index in [1.165, 1.54) is 11.1 Å². The highest BCUT2D eigenvalue weighted by Crippen LogP contribution is 2.31. The minimum absolute atomic E-state index is 0.454. The van der Waals surface area contributed by atoms with Crippen molar-refractivity contribution in [2.75, 3.05) is 0 Å². The van der Waals surface area contributed by atoms with E-state index in [9.17, 15) is 0 Å². The Kier molecular flexibility index (Phi) is 5.27. The van der Waals surface area contributed by atoms with E-state index in [4.69, 9.17) is 16.3 Å². The SMILES string of the molecule is Cc1ccc(Oc2ccc(CNC(C)C)cc2Cl)cc1C. The second-order valence-electron chi connectivity index (χ2n) is 5.65. The van der Waals surface area contributed by atoms with E-state index in [2.05, 4.69) is 39.1 Å². The van der Waals surface area contributed by atoms with E-state index in [-0.39, 0.29) is 0 Å². The van der Waals surface area contributed by atoms with Gasteiger partial charge < -0.3 is 10.1 Å². The van der Waals surface area contributed by atoms with Gasteiger partial charge in [0.25, 0.3) is 0 Å². The van der Waals surface area contributed by atoms with Crippen LogP contribution in [-0.2, 0) is 6.54 Å². The average Bonchev–Trinajstić information content (AvgIpc) is 2.43. The van der Waals surface area contributed by atoms with Crippen LogP contribution in [0.2, 0.25) is 5.02 Å². The fourth-order valence-electron chi connectivity index (χ4n) is 1.96. The van der Waals surface area contributed by atoms with E-state index in [0.29, 0.717) is 16.8 Å². The zero-order valence-corrected chi connectivity index (χ0v) is 13.8. The van der Waals surface area contributed by atoms with Crippen molar-refractivity contribution in [3.05, 3.63) is 58.1 Å². The third-order valence-corrected chi connectivity index (χ3v) is 3.71. The highest BCUT2D eigenvalue weighted by Gasteiger charge is 2.06. The molecule has 0 radical (unpaired) electrons. The fourth-order valence-corrected chi connectivity index (χ4v) is 2.21. The van der Waals surface area contributed by atoms with Crippen LogP contribution in [-0.4, -0.2) is 6.04 Å². The Balaban J connectivity index is 2.11. The molecule has 2 rings (SSSR count). The molecule has 0 unspecified atom stereocenters. The Morgan fingerprint density at radius 3 is 2.43 bits per heavy atom. The van der Waals surface area contributed by atoms with Crippen LogP contribution < -0.4 is 10.1 Å². The van der Waals surface area contributed by atoms with Crippen molar-refractivity contribution < 1.29 is 4.74 Å². The molecule has 21 heavy (non-hydrogen) atoms. The molecular formula is C18H22ClNO. The first kappa shape index (κ1) is 15.9. The minimum Gasteiger partial charge on any atom is -0.456 e. The Morgan fingerprint density at radius 1 is 1.05 bits per heavy atom. The lowest BCUT2D eigenvalue weighted by atomic mass is 10.1. The zero-order chi connectivity index (χ0) is 15.4. The van der Waals surface area contributed by atoms with Gasteiger partial charge in [-0.05, 0) is 54.8 Å². The number of benzene rings is 2. The van der Waals surface area contributed by atoms with Gasteiger partial charge in [-0.2, -0.15) is 0 Å². The molecule has 0 atom stereocenters. The largest absolute Gasteiger partial charge is 0.456 e. The number of nitrogens with one attached hydrogen (secondary N) is 1. The first-order valence-electron chi connectivity index (χ1n) is 7.22. The maximum Gasteiger partial charge on any atom is 0.146 e. The lowest BCUT2D eigenvalue weighted by molar-refractivity contribution is 0.482. The summed E-state index contributed by atoms with van der Waals surface area (Å²) in [4.78, 5) is 0. The molecule has 0 aliphatic rings. The first-order valence-corrected chi connectivity index (χ1v) is 7.60. The molecular weight excluding hydrogens is 282 g/mol. The van der Waals surface area contributed by atoms with Crippen molar-refractivity contribution >= 4 is 11.6 Å². The van der Waals surface area contributed by atoms with Gasteiger partial charge >= 0.3 is 0 Å². The highest BCUT2D eigenvalue weighted by molar-refractivity contribution is 6.32. The summed E-state index contributed by atoms with van der Waals surface area (Å²) in [6.07, 6.45) is 0. The molecule has 0 amide bonds. The molecule has 2 nitrogen and oxygen atoms in total. The van der Waals surface area contributed by atoms with Crippen molar-refractivity contribution in [1.82, 2.24) is 5.32 Å². The number of hydrogen-bond donors (Lipinski definition) is 1. The lowest BCUT2D eigenvalue weighted by Crippen LogP contribution is -2.21. The molecule has 0 aromatic heterocycles. The van der Waals surface area contributed by atoms with Gasteiger partial charge in [-0.15, -0.1) is 0 Å². The number of aryl methyl sites for hydroxylation is 2. The van der Waals surface area contributed by atoms with Gasteiger partial charge in [0, 0.05) is 12.6 Å². The summed E-state index contributed by atoms with van der Waals surface area (Å²) in [5.74, 6) is 1.50. The Bertz CT molecular complexity index is 623. The molecule has 0 bridgehead atoms. The van der Waals surface area contributed by atoms with Crippen molar-refractivity contribution in [2.24, 2.45) is 0 Å². The van der Waals surface area contributed by atoms with Crippen molar-refractivity contribution in [3.63, 3.8) is 0 Å². The Labute approximate surface area is 132 Å². The molecule has 1 N–H and O–H groups in total. The molecule has 2 aromatic carbocycles. The third kappa shape index (κ3) is 4.48. The summed E-state index contributed by atoms with van der Waals surface area (Å²) in [5.41, 5.74) is 3.62. The summed E-state index contributed by atoms with van der Waals surface area (Å²) in [7, 11) is 0. The van der Waals surface area contributed by atoms with Crippen LogP contribution in [0.1, 0.15) is 30.5 Å². The van der Waals surface area contributed by atoms with Crippen LogP contribution >= 0.6 is 11.6 Å². The molecule has 0 heterocycles. The summed E-state index contributed by atoms with van der Waals surface area (Å²) in [6.45, 7) is 9.21. The topological polar surface area (TPSA) is 21.3 Å². The first-order chi connectivity index (χ1) is 9.95. The van der Waals surface area contributed by atoms with E-state index in [1.54, 1.807) is 0 Å². The Hall–Kier alpha value is -1.51. The van der Waals surface area contributed by atoms with Gasteiger partial charge in [0.15, 0.2) is 0 Å². The second kappa shape index (κ2) is 6.97. The smallest absolute Gasteiger partial charge is 0.146 e. The highest BCUT2D eigenvalue weighted by atomic mass is 35.5. The van der Waals surface area contributed by atoms with E-state index < -0.39 is 0 Å². The van der Waals surface area contributed by atoms with Crippen LogP contribution in [0.5, 0.6) is 11.5 Å². The zero-order valence-electron chi connectivity index (χ0n) is 13.0. The van der Waals surface area contributed by atoms with E-state index in [0.717, 1.165) is 17.9 Å². The monoisotopic (exact) mass is 303 g/mol. The van der Waals surface area contributed by atoms with Crippen molar-refractivity contribution in [2.45, 2.75) is 40.3 Å². The maximum absolute atomic E-state index is 6.31. The quantitative estimate of drug-likeness (QED) is 0.815. The van der Waals surface area contributed by atoms with Gasteiger partial charge in [0.2, 0.25) is 0 Å². The molecule has 0 aliphatic carbocycles. The molecule has 2 aromatic rings. The van der Waals surface area contributed by atoms with Crippen LogP contribution in [0.3, 0.4) is 0 Å². The molecule has 3 heteroatoms.